The number of rotatable bonds is 8. The quantitative estimate of drug-likeness (QED) is 0.184. The van der Waals surface area contributed by atoms with Crippen molar-refractivity contribution in [2.24, 2.45) is 0 Å². The van der Waals surface area contributed by atoms with Gasteiger partial charge >= 0.3 is 6.09 Å². The van der Waals surface area contributed by atoms with Gasteiger partial charge in [0.05, 0.1) is 0 Å². The number of carbonyl (C=O) groups excluding carboxylic acids is 1. The van der Waals surface area contributed by atoms with Crippen LogP contribution >= 0.6 is 44.3 Å². The maximum atomic E-state index is 13.5. The van der Waals surface area contributed by atoms with Crippen LogP contribution in [-0.2, 0) is 24.8 Å². The first-order valence-corrected chi connectivity index (χ1v) is 23.0. The molecule has 0 atom stereocenters. The van der Waals surface area contributed by atoms with E-state index in [0.29, 0.717) is 52.4 Å². The highest BCUT2D eigenvalue weighted by Gasteiger charge is 2.34. The minimum Gasteiger partial charge on any atom is -0.456 e. The van der Waals surface area contributed by atoms with Crippen LogP contribution in [0.2, 0.25) is 0 Å². The number of hydrogen-bond acceptors (Lipinski definition) is 9. The molecule has 0 aliphatic carbocycles. The van der Waals surface area contributed by atoms with Crippen LogP contribution in [0.4, 0.5) is 4.79 Å². The Morgan fingerprint density at radius 2 is 0.983 bits per heavy atom. The third-order valence-electron chi connectivity index (χ3n) is 8.86. The molecule has 0 saturated carbocycles. The molecule has 2 fully saturated rings. The van der Waals surface area contributed by atoms with E-state index in [-0.39, 0.29) is 54.1 Å². The molecule has 4 aromatic rings. The highest BCUT2D eigenvalue weighted by Crippen LogP contribution is 2.36. The Balaban J connectivity index is 0.000000259. The molecule has 2 saturated heterocycles. The van der Waals surface area contributed by atoms with Gasteiger partial charge in [-0.3, -0.25) is 0 Å². The zero-order chi connectivity index (χ0) is 41.7. The standard InChI is InChI=1S/C23H29BrN2O5S.C18H21BrN2O3S.ClH/c1-16-12-17(2)14-19(13-16)30-20-7-6-18(24)15-21(20)32(28,29)26-10-8-25(9-11-26)22(27)31-23(3,4)5;1-13-9-14(2)11-16(10-13)24-17-4-3-15(19)12-18(17)25(22,23)21-7-5-20-6-8-21;/h6-7,12-15H,8-11H2,1-5H3;3-4,9-12,20H,5-8H2,1-2H3;1H. The Morgan fingerprint density at radius 3 is 1.36 bits per heavy atom. The van der Waals surface area contributed by atoms with Crippen LogP contribution in [0.5, 0.6) is 23.0 Å². The van der Waals surface area contributed by atoms with E-state index in [1.165, 1.54) is 13.5 Å². The molecule has 2 aliphatic heterocycles. The normalized spacial score (nSPS) is 15.4. The highest BCUT2D eigenvalue weighted by atomic mass is 79.9. The Labute approximate surface area is 366 Å². The predicted molar refractivity (Wildman–Crippen MR) is 236 cm³/mol. The molecular weight excluding hydrogens is 936 g/mol. The second-order valence-electron chi connectivity index (χ2n) is 15.1. The van der Waals surface area contributed by atoms with Crippen LogP contribution in [0, 0.1) is 27.7 Å². The second kappa shape index (κ2) is 19.9. The first-order chi connectivity index (χ1) is 26.7. The number of aryl methyl sites for hydroxylation is 4. The first-order valence-electron chi connectivity index (χ1n) is 18.5. The summed E-state index contributed by atoms with van der Waals surface area (Å²) in [5.41, 5.74) is 3.59. The Bertz CT molecular complexity index is 2270. The Hall–Kier alpha value is -3.22. The van der Waals surface area contributed by atoms with E-state index in [9.17, 15) is 21.6 Å². The van der Waals surface area contributed by atoms with Crippen LogP contribution in [-0.4, -0.2) is 94.4 Å². The van der Waals surface area contributed by atoms with Gasteiger partial charge < -0.3 is 24.4 Å². The van der Waals surface area contributed by atoms with E-state index in [1.54, 1.807) is 57.2 Å². The van der Waals surface area contributed by atoms with Gasteiger partial charge in [-0.2, -0.15) is 8.61 Å². The van der Waals surface area contributed by atoms with Crippen molar-refractivity contribution in [2.45, 2.75) is 63.9 Å². The number of sulfonamides is 2. The smallest absolute Gasteiger partial charge is 0.410 e. The number of halogens is 3. The SMILES string of the molecule is Cc1cc(C)cc(Oc2ccc(Br)cc2S(=O)(=O)N2CCN(C(=O)OC(C)(C)C)CC2)c1.Cc1cc(C)cc(Oc2ccc(Br)cc2S(=O)(=O)N2CCNCC2)c1.Cl. The van der Waals surface area contributed by atoms with Gasteiger partial charge in [0, 0.05) is 61.3 Å². The third-order valence-corrected chi connectivity index (χ3v) is 13.7. The number of carbonyl (C=O) groups is 1. The Morgan fingerprint density at radius 1 is 0.603 bits per heavy atom. The number of hydrogen-bond donors (Lipinski definition) is 1. The van der Waals surface area contributed by atoms with Gasteiger partial charge in [-0.15, -0.1) is 12.4 Å². The van der Waals surface area contributed by atoms with Crippen LogP contribution < -0.4 is 14.8 Å². The second-order valence-corrected chi connectivity index (χ2v) is 20.7. The van der Waals surface area contributed by atoms with Gasteiger partial charge in [-0.25, -0.2) is 21.6 Å². The fourth-order valence-corrected chi connectivity index (χ4v) is 10.5. The van der Waals surface area contributed by atoms with E-state index in [2.05, 4.69) is 37.2 Å². The lowest BCUT2D eigenvalue weighted by Gasteiger charge is -2.35. The molecular formula is C41H51Br2ClN4O8S2. The van der Waals surface area contributed by atoms with Crippen LogP contribution in [0.3, 0.4) is 0 Å². The minimum absolute atomic E-state index is 0. The first kappa shape index (κ1) is 47.5. The average Bonchev–Trinajstić information content (AvgIpc) is 3.12. The van der Waals surface area contributed by atoms with E-state index in [0.717, 1.165) is 22.3 Å². The van der Waals surface area contributed by atoms with Crippen LogP contribution in [0.1, 0.15) is 43.0 Å². The number of piperazine rings is 2. The molecule has 4 aromatic carbocycles. The summed E-state index contributed by atoms with van der Waals surface area (Å²) in [6.45, 7) is 16.4. The third kappa shape index (κ3) is 12.6. The van der Waals surface area contributed by atoms with Crippen molar-refractivity contribution in [3.8, 4) is 23.0 Å². The number of ether oxygens (including phenoxy) is 3. The fraction of sp³-hybridized carbons (Fsp3) is 0.390. The van der Waals surface area contributed by atoms with E-state index in [1.807, 2.05) is 64.1 Å². The molecule has 2 aliphatic rings. The van der Waals surface area contributed by atoms with E-state index >= 15 is 0 Å². The van der Waals surface area contributed by atoms with E-state index in [4.69, 9.17) is 14.2 Å². The maximum Gasteiger partial charge on any atom is 0.410 e. The largest absolute Gasteiger partial charge is 0.456 e. The molecule has 0 bridgehead atoms. The van der Waals surface area contributed by atoms with E-state index < -0.39 is 31.7 Å². The van der Waals surface area contributed by atoms with Gasteiger partial charge in [0.25, 0.3) is 0 Å². The molecule has 316 valence electrons. The molecule has 1 amide bonds. The summed E-state index contributed by atoms with van der Waals surface area (Å²) in [6.07, 6.45) is -0.434. The lowest BCUT2D eigenvalue weighted by molar-refractivity contribution is 0.0192. The molecule has 58 heavy (non-hydrogen) atoms. The van der Waals surface area contributed by atoms with Gasteiger partial charge in [-0.05, 0) is 131 Å². The molecule has 1 N–H and O–H groups in total. The average molecular weight is 987 g/mol. The van der Waals surface area contributed by atoms with Crippen molar-refractivity contribution in [3.63, 3.8) is 0 Å². The molecule has 0 aromatic heterocycles. The van der Waals surface area contributed by atoms with Crippen molar-refractivity contribution >= 4 is 70.4 Å². The topological polar surface area (TPSA) is 135 Å². The minimum atomic E-state index is -3.84. The molecule has 17 heteroatoms. The summed E-state index contributed by atoms with van der Waals surface area (Å²) in [4.78, 5) is 14.1. The summed E-state index contributed by atoms with van der Waals surface area (Å²) in [6, 6.07) is 21.6. The van der Waals surface area contributed by atoms with Gasteiger partial charge in [0.15, 0.2) is 0 Å². The zero-order valence-electron chi connectivity index (χ0n) is 33.7. The van der Waals surface area contributed by atoms with Crippen LogP contribution in [0.25, 0.3) is 0 Å². The van der Waals surface area contributed by atoms with Crippen molar-refractivity contribution in [1.82, 2.24) is 18.8 Å². The van der Waals surface area contributed by atoms with Crippen molar-refractivity contribution in [2.75, 3.05) is 52.4 Å². The summed E-state index contributed by atoms with van der Waals surface area (Å²) in [5.74, 6) is 1.81. The molecule has 2 heterocycles. The Kier molecular flexibility index (Phi) is 16.3. The van der Waals surface area contributed by atoms with Crippen molar-refractivity contribution < 1.29 is 35.8 Å². The molecule has 6 rings (SSSR count). The lowest BCUT2D eigenvalue weighted by Crippen LogP contribution is -2.51. The lowest BCUT2D eigenvalue weighted by atomic mass is 10.1. The number of amides is 1. The van der Waals surface area contributed by atoms with Gasteiger partial charge in [0.1, 0.15) is 38.4 Å². The summed E-state index contributed by atoms with van der Waals surface area (Å²) in [5, 5.41) is 3.17. The zero-order valence-corrected chi connectivity index (χ0v) is 39.3. The van der Waals surface area contributed by atoms with Gasteiger partial charge in [-0.1, -0.05) is 44.0 Å². The number of nitrogens with zero attached hydrogens (tertiary/aromatic N) is 3. The number of benzene rings is 4. The monoisotopic (exact) mass is 984 g/mol. The number of nitrogens with one attached hydrogen (secondary N) is 1. The summed E-state index contributed by atoms with van der Waals surface area (Å²) in [7, 11) is -7.46. The molecule has 12 nitrogen and oxygen atoms in total. The summed E-state index contributed by atoms with van der Waals surface area (Å²) < 4.78 is 74.7. The van der Waals surface area contributed by atoms with Gasteiger partial charge in [0.2, 0.25) is 20.0 Å². The predicted octanol–water partition coefficient (Wildman–Crippen LogP) is 8.97. The highest BCUT2D eigenvalue weighted by molar-refractivity contribution is 9.10. The molecule has 0 spiro atoms. The molecule has 0 radical (unpaired) electrons. The van der Waals surface area contributed by atoms with Crippen molar-refractivity contribution in [1.29, 1.82) is 0 Å². The maximum absolute atomic E-state index is 13.5. The van der Waals surface area contributed by atoms with Crippen molar-refractivity contribution in [3.05, 3.63) is 104 Å². The fourth-order valence-electron chi connectivity index (χ4n) is 6.37. The summed E-state index contributed by atoms with van der Waals surface area (Å²) >= 11 is 6.74. The van der Waals surface area contributed by atoms with Crippen LogP contribution in [0.15, 0.2) is 91.5 Å². The molecule has 0 unspecified atom stereocenters.